The van der Waals surface area contributed by atoms with Gasteiger partial charge >= 0.3 is 0 Å². The smallest absolute Gasteiger partial charge is 0.287 e. The number of aryl methyl sites for hydroxylation is 2. The number of furan rings is 1. The monoisotopic (exact) mass is 239 g/mol. The Morgan fingerprint density at radius 1 is 1.53 bits per heavy atom. The van der Waals surface area contributed by atoms with E-state index in [0.717, 1.165) is 17.7 Å². The van der Waals surface area contributed by atoms with E-state index in [1.54, 1.807) is 6.07 Å². The van der Waals surface area contributed by atoms with Crippen molar-refractivity contribution in [3.63, 3.8) is 0 Å². The molecule has 1 amide bonds. The third kappa shape index (κ3) is 3.33. The minimum Gasteiger partial charge on any atom is -0.456 e. The standard InChI is InChI=1S/C13H21NO3/c1-5-11-8(2)6-12(17-11)13(16)14-10(4)9(3)7-15/h6,9-10,15H,5,7H2,1-4H3,(H,14,16). The summed E-state index contributed by atoms with van der Waals surface area (Å²) in [5.41, 5.74) is 1.00. The number of hydrogen-bond donors (Lipinski definition) is 2. The van der Waals surface area contributed by atoms with Gasteiger partial charge in [0.2, 0.25) is 0 Å². The van der Waals surface area contributed by atoms with Crippen LogP contribution in [0.15, 0.2) is 10.5 Å². The molecular weight excluding hydrogens is 218 g/mol. The molecule has 4 heteroatoms. The van der Waals surface area contributed by atoms with Crippen LogP contribution in [-0.4, -0.2) is 23.7 Å². The molecule has 2 unspecified atom stereocenters. The number of rotatable bonds is 5. The molecule has 1 aromatic heterocycles. The van der Waals surface area contributed by atoms with E-state index in [1.165, 1.54) is 0 Å². The van der Waals surface area contributed by atoms with Gasteiger partial charge in [0.1, 0.15) is 5.76 Å². The SMILES string of the molecule is CCc1oc(C(=O)NC(C)C(C)CO)cc1C. The zero-order chi connectivity index (χ0) is 13.0. The van der Waals surface area contributed by atoms with Crippen molar-refractivity contribution in [1.29, 1.82) is 0 Å². The molecule has 1 heterocycles. The Labute approximate surface area is 102 Å². The van der Waals surface area contributed by atoms with Crippen molar-refractivity contribution >= 4 is 5.91 Å². The molecule has 0 radical (unpaired) electrons. The van der Waals surface area contributed by atoms with E-state index in [4.69, 9.17) is 9.52 Å². The lowest BCUT2D eigenvalue weighted by atomic mass is 10.1. The lowest BCUT2D eigenvalue weighted by Gasteiger charge is -2.18. The van der Waals surface area contributed by atoms with E-state index in [9.17, 15) is 4.79 Å². The topological polar surface area (TPSA) is 62.5 Å². The Balaban J connectivity index is 2.69. The van der Waals surface area contributed by atoms with Crippen LogP contribution in [0, 0.1) is 12.8 Å². The molecule has 0 fully saturated rings. The minimum atomic E-state index is -0.222. The van der Waals surface area contributed by atoms with Gasteiger partial charge in [-0.05, 0) is 31.4 Å². The second kappa shape index (κ2) is 5.87. The van der Waals surface area contributed by atoms with Crippen LogP contribution in [0.3, 0.4) is 0 Å². The van der Waals surface area contributed by atoms with Crippen molar-refractivity contribution < 1.29 is 14.3 Å². The number of carbonyl (C=O) groups is 1. The highest BCUT2D eigenvalue weighted by atomic mass is 16.4. The second-order valence-corrected chi connectivity index (χ2v) is 4.49. The first-order valence-electron chi connectivity index (χ1n) is 6.00. The molecule has 96 valence electrons. The number of hydrogen-bond acceptors (Lipinski definition) is 3. The van der Waals surface area contributed by atoms with E-state index >= 15 is 0 Å². The first-order chi connectivity index (χ1) is 7.99. The second-order valence-electron chi connectivity index (χ2n) is 4.49. The summed E-state index contributed by atoms with van der Waals surface area (Å²) in [7, 11) is 0. The third-order valence-electron chi connectivity index (χ3n) is 3.07. The van der Waals surface area contributed by atoms with Crippen molar-refractivity contribution in [2.24, 2.45) is 5.92 Å². The summed E-state index contributed by atoms with van der Waals surface area (Å²) in [5.74, 6) is 0.996. The molecule has 2 atom stereocenters. The molecule has 0 saturated heterocycles. The van der Waals surface area contributed by atoms with Crippen LogP contribution >= 0.6 is 0 Å². The van der Waals surface area contributed by atoms with Crippen LogP contribution in [0.1, 0.15) is 42.6 Å². The molecule has 0 aliphatic carbocycles. The number of carbonyl (C=O) groups excluding carboxylic acids is 1. The predicted molar refractivity (Wildman–Crippen MR) is 66.0 cm³/mol. The maximum absolute atomic E-state index is 11.9. The van der Waals surface area contributed by atoms with Gasteiger partial charge in [-0.15, -0.1) is 0 Å². The van der Waals surface area contributed by atoms with E-state index in [2.05, 4.69) is 5.32 Å². The van der Waals surface area contributed by atoms with Gasteiger partial charge in [-0.3, -0.25) is 4.79 Å². The van der Waals surface area contributed by atoms with E-state index in [-0.39, 0.29) is 24.5 Å². The molecule has 2 N–H and O–H groups in total. The number of amides is 1. The number of aliphatic hydroxyl groups excluding tert-OH is 1. The molecule has 4 nitrogen and oxygen atoms in total. The maximum Gasteiger partial charge on any atom is 0.287 e. The normalized spacial score (nSPS) is 14.4. The maximum atomic E-state index is 11.9. The lowest BCUT2D eigenvalue weighted by molar-refractivity contribution is 0.0886. The quantitative estimate of drug-likeness (QED) is 0.825. The van der Waals surface area contributed by atoms with Crippen molar-refractivity contribution in [2.45, 2.75) is 40.2 Å². The Hall–Kier alpha value is -1.29. The number of nitrogens with one attached hydrogen (secondary N) is 1. The first kappa shape index (κ1) is 13.8. The Kier molecular flexibility index (Phi) is 4.75. The first-order valence-corrected chi connectivity index (χ1v) is 6.00. The molecule has 0 aliphatic rings. The molecule has 0 saturated carbocycles. The zero-order valence-corrected chi connectivity index (χ0v) is 10.9. The van der Waals surface area contributed by atoms with Gasteiger partial charge in [-0.2, -0.15) is 0 Å². The Morgan fingerprint density at radius 2 is 2.18 bits per heavy atom. The summed E-state index contributed by atoms with van der Waals surface area (Å²) in [6.07, 6.45) is 0.779. The van der Waals surface area contributed by atoms with Gasteiger partial charge in [-0.25, -0.2) is 0 Å². The molecule has 1 aromatic rings. The fourth-order valence-electron chi connectivity index (χ4n) is 1.56. The Bertz CT molecular complexity index is 384. The highest BCUT2D eigenvalue weighted by molar-refractivity contribution is 5.91. The average Bonchev–Trinajstić information content (AvgIpc) is 2.69. The Morgan fingerprint density at radius 3 is 2.65 bits per heavy atom. The van der Waals surface area contributed by atoms with Crippen molar-refractivity contribution in [1.82, 2.24) is 5.32 Å². The molecule has 0 aliphatic heterocycles. The van der Waals surface area contributed by atoms with E-state index in [1.807, 2.05) is 27.7 Å². The zero-order valence-electron chi connectivity index (χ0n) is 10.9. The summed E-state index contributed by atoms with van der Waals surface area (Å²) in [4.78, 5) is 11.9. The summed E-state index contributed by atoms with van der Waals surface area (Å²) in [6.45, 7) is 7.73. The molecule has 0 spiro atoms. The summed E-state index contributed by atoms with van der Waals surface area (Å²) < 4.78 is 5.47. The lowest BCUT2D eigenvalue weighted by Crippen LogP contribution is -2.38. The minimum absolute atomic E-state index is 0.0284. The predicted octanol–water partition coefficient (Wildman–Crippen LogP) is 1.90. The van der Waals surface area contributed by atoms with Crippen LogP contribution in [0.2, 0.25) is 0 Å². The largest absolute Gasteiger partial charge is 0.456 e. The van der Waals surface area contributed by atoms with Crippen molar-refractivity contribution in [3.8, 4) is 0 Å². The van der Waals surface area contributed by atoms with Gasteiger partial charge < -0.3 is 14.8 Å². The van der Waals surface area contributed by atoms with Crippen molar-refractivity contribution in [3.05, 3.63) is 23.2 Å². The summed E-state index contributed by atoms with van der Waals surface area (Å²) >= 11 is 0. The van der Waals surface area contributed by atoms with Gasteiger partial charge in [0.15, 0.2) is 5.76 Å². The van der Waals surface area contributed by atoms with Crippen LogP contribution in [0.25, 0.3) is 0 Å². The van der Waals surface area contributed by atoms with E-state index < -0.39 is 0 Å². The van der Waals surface area contributed by atoms with Gasteiger partial charge in [0, 0.05) is 19.1 Å². The molecule has 1 rings (SSSR count). The molecule has 0 aromatic carbocycles. The van der Waals surface area contributed by atoms with Crippen LogP contribution in [0.5, 0.6) is 0 Å². The van der Waals surface area contributed by atoms with Gasteiger partial charge in [0.25, 0.3) is 5.91 Å². The highest BCUT2D eigenvalue weighted by Crippen LogP contribution is 2.15. The molecule has 17 heavy (non-hydrogen) atoms. The van der Waals surface area contributed by atoms with Crippen LogP contribution in [-0.2, 0) is 6.42 Å². The van der Waals surface area contributed by atoms with Crippen molar-refractivity contribution in [2.75, 3.05) is 6.61 Å². The summed E-state index contributed by atoms with van der Waals surface area (Å²) in [6, 6.07) is 1.67. The molecule has 0 bridgehead atoms. The van der Waals surface area contributed by atoms with Gasteiger partial charge in [-0.1, -0.05) is 13.8 Å². The fourth-order valence-corrected chi connectivity index (χ4v) is 1.56. The van der Waals surface area contributed by atoms with Crippen LogP contribution in [0.4, 0.5) is 0 Å². The number of aliphatic hydroxyl groups is 1. The van der Waals surface area contributed by atoms with Crippen LogP contribution < -0.4 is 5.32 Å². The highest BCUT2D eigenvalue weighted by Gasteiger charge is 2.18. The fraction of sp³-hybridized carbons (Fsp3) is 0.615. The third-order valence-corrected chi connectivity index (χ3v) is 3.07. The van der Waals surface area contributed by atoms with Gasteiger partial charge in [0.05, 0.1) is 0 Å². The average molecular weight is 239 g/mol. The summed E-state index contributed by atoms with van der Waals surface area (Å²) in [5, 5.41) is 11.8. The van der Waals surface area contributed by atoms with E-state index in [0.29, 0.717) is 5.76 Å². The molecular formula is C13H21NO3.